The smallest absolute Gasteiger partial charge is 0.0908 e. The molecule has 2 heterocycles. The molecule has 12 heavy (non-hydrogen) atoms. The van der Waals surface area contributed by atoms with Gasteiger partial charge in [-0.05, 0) is 28.1 Å². The van der Waals surface area contributed by atoms with Gasteiger partial charge in [0.05, 0.1) is 22.9 Å². The summed E-state index contributed by atoms with van der Waals surface area (Å²) in [6, 6.07) is 3.70. The van der Waals surface area contributed by atoms with Gasteiger partial charge in [0.25, 0.3) is 0 Å². The molecule has 0 aliphatic heterocycles. The molecule has 3 nitrogen and oxygen atoms in total. The molecule has 2 N–H and O–H groups in total. The van der Waals surface area contributed by atoms with Crippen LogP contribution in [0.15, 0.2) is 29.0 Å². The van der Waals surface area contributed by atoms with Gasteiger partial charge in [-0.2, -0.15) is 0 Å². The van der Waals surface area contributed by atoms with E-state index >= 15 is 0 Å². The number of hydrogen-bond donors (Lipinski definition) is 1. The average Bonchev–Trinajstić information content (AvgIpc) is 2.05. The van der Waals surface area contributed by atoms with Gasteiger partial charge in [-0.25, -0.2) is 0 Å². The molecule has 60 valence electrons. The van der Waals surface area contributed by atoms with Crippen molar-refractivity contribution in [3.63, 3.8) is 0 Å². The lowest BCUT2D eigenvalue weighted by molar-refractivity contribution is 1.33. The van der Waals surface area contributed by atoms with Crippen molar-refractivity contribution in [2.24, 2.45) is 0 Å². The summed E-state index contributed by atoms with van der Waals surface area (Å²) >= 11 is 3.32. The van der Waals surface area contributed by atoms with Gasteiger partial charge in [0.2, 0.25) is 0 Å². The van der Waals surface area contributed by atoms with Crippen molar-refractivity contribution in [2.45, 2.75) is 0 Å². The third-order valence-electron chi connectivity index (χ3n) is 1.52. The van der Waals surface area contributed by atoms with E-state index in [0.717, 1.165) is 15.5 Å². The molecule has 0 aliphatic carbocycles. The van der Waals surface area contributed by atoms with E-state index in [2.05, 4.69) is 25.9 Å². The van der Waals surface area contributed by atoms with Crippen LogP contribution in [-0.4, -0.2) is 9.97 Å². The van der Waals surface area contributed by atoms with Gasteiger partial charge in [-0.1, -0.05) is 0 Å². The SMILES string of the molecule is Nc1cnc2cc(Br)cnc2c1. The molecule has 2 aromatic heterocycles. The molecule has 0 aliphatic rings. The summed E-state index contributed by atoms with van der Waals surface area (Å²) < 4.78 is 0.923. The number of rotatable bonds is 0. The van der Waals surface area contributed by atoms with Crippen LogP contribution in [-0.2, 0) is 0 Å². The summed E-state index contributed by atoms with van der Waals surface area (Å²) in [5, 5.41) is 0. The van der Waals surface area contributed by atoms with Crippen LogP contribution in [0.2, 0.25) is 0 Å². The first-order chi connectivity index (χ1) is 5.75. The van der Waals surface area contributed by atoms with Crippen molar-refractivity contribution in [3.8, 4) is 0 Å². The first-order valence-electron chi connectivity index (χ1n) is 3.42. The second kappa shape index (κ2) is 2.71. The lowest BCUT2D eigenvalue weighted by atomic mass is 10.3. The van der Waals surface area contributed by atoms with E-state index in [1.807, 2.05) is 6.07 Å². The Labute approximate surface area is 77.8 Å². The molecule has 0 spiro atoms. The molecule has 2 aromatic rings. The topological polar surface area (TPSA) is 51.8 Å². The van der Waals surface area contributed by atoms with Gasteiger partial charge < -0.3 is 5.73 Å². The van der Waals surface area contributed by atoms with E-state index in [9.17, 15) is 0 Å². The van der Waals surface area contributed by atoms with Gasteiger partial charge in [-0.15, -0.1) is 0 Å². The third-order valence-corrected chi connectivity index (χ3v) is 1.95. The van der Waals surface area contributed by atoms with Gasteiger partial charge in [0, 0.05) is 10.7 Å². The number of halogens is 1. The second-order valence-corrected chi connectivity index (χ2v) is 3.38. The number of nitrogen functional groups attached to an aromatic ring is 1. The average molecular weight is 224 g/mol. The molecular weight excluding hydrogens is 218 g/mol. The molecule has 0 amide bonds. The standard InChI is InChI=1S/C8H6BrN3/c9-5-1-7-8(11-3-5)2-6(10)4-12-7/h1-4H,10H2. The van der Waals surface area contributed by atoms with Crippen LogP contribution in [0.25, 0.3) is 11.0 Å². The highest BCUT2D eigenvalue weighted by molar-refractivity contribution is 9.10. The first kappa shape index (κ1) is 7.49. The molecule has 0 saturated heterocycles. The minimum atomic E-state index is 0.636. The van der Waals surface area contributed by atoms with Crippen molar-refractivity contribution in [2.75, 3.05) is 5.73 Å². The largest absolute Gasteiger partial charge is 0.397 e. The van der Waals surface area contributed by atoms with Gasteiger partial charge in [0.15, 0.2) is 0 Å². The van der Waals surface area contributed by atoms with Crippen LogP contribution in [0.3, 0.4) is 0 Å². The lowest BCUT2D eigenvalue weighted by Gasteiger charge is -1.97. The third kappa shape index (κ3) is 1.25. The van der Waals surface area contributed by atoms with Crippen LogP contribution in [0.1, 0.15) is 0 Å². The van der Waals surface area contributed by atoms with E-state index in [-0.39, 0.29) is 0 Å². The Morgan fingerprint density at radius 2 is 1.75 bits per heavy atom. The highest BCUT2D eigenvalue weighted by atomic mass is 79.9. The number of nitrogens with two attached hydrogens (primary N) is 1. The van der Waals surface area contributed by atoms with Crippen LogP contribution < -0.4 is 5.73 Å². The zero-order valence-electron chi connectivity index (χ0n) is 6.16. The predicted octanol–water partition coefficient (Wildman–Crippen LogP) is 1.97. The maximum Gasteiger partial charge on any atom is 0.0908 e. The molecule has 0 saturated carbocycles. The summed E-state index contributed by atoms with van der Waals surface area (Å²) in [5.41, 5.74) is 7.85. The summed E-state index contributed by atoms with van der Waals surface area (Å²) in [6.45, 7) is 0. The fourth-order valence-electron chi connectivity index (χ4n) is 0.993. The molecule has 0 unspecified atom stereocenters. The Morgan fingerprint density at radius 3 is 2.58 bits per heavy atom. The first-order valence-corrected chi connectivity index (χ1v) is 4.22. The Bertz CT molecular complexity index is 386. The van der Waals surface area contributed by atoms with E-state index in [1.165, 1.54) is 0 Å². The maximum atomic E-state index is 5.55. The van der Waals surface area contributed by atoms with E-state index < -0.39 is 0 Å². The number of pyridine rings is 2. The number of nitrogens with zero attached hydrogens (tertiary/aromatic N) is 2. The van der Waals surface area contributed by atoms with Crippen molar-refractivity contribution in [1.29, 1.82) is 0 Å². The summed E-state index contributed by atoms with van der Waals surface area (Å²) in [7, 11) is 0. The Morgan fingerprint density at radius 1 is 1.08 bits per heavy atom. The fraction of sp³-hybridized carbons (Fsp3) is 0. The van der Waals surface area contributed by atoms with Crippen LogP contribution >= 0.6 is 15.9 Å². The maximum absolute atomic E-state index is 5.55. The lowest BCUT2D eigenvalue weighted by Crippen LogP contribution is -1.88. The van der Waals surface area contributed by atoms with Crippen molar-refractivity contribution < 1.29 is 0 Å². The molecule has 0 atom stereocenters. The van der Waals surface area contributed by atoms with Crippen LogP contribution in [0.5, 0.6) is 0 Å². The summed E-state index contributed by atoms with van der Waals surface area (Å²) in [4.78, 5) is 8.28. The number of fused-ring (bicyclic) bond motifs is 1. The zero-order valence-corrected chi connectivity index (χ0v) is 7.75. The van der Waals surface area contributed by atoms with Crippen LogP contribution in [0, 0.1) is 0 Å². The number of aromatic nitrogens is 2. The van der Waals surface area contributed by atoms with E-state index in [4.69, 9.17) is 5.73 Å². The Hall–Kier alpha value is -1.16. The number of anilines is 1. The fourth-order valence-corrected chi connectivity index (χ4v) is 1.31. The van der Waals surface area contributed by atoms with E-state index in [1.54, 1.807) is 18.5 Å². The minimum absolute atomic E-state index is 0.636. The summed E-state index contributed by atoms with van der Waals surface area (Å²) in [6.07, 6.45) is 3.35. The van der Waals surface area contributed by atoms with Gasteiger partial charge >= 0.3 is 0 Å². The van der Waals surface area contributed by atoms with Gasteiger partial charge in [0.1, 0.15) is 0 Å². The quantitative estimate of drug-likeness (QED) is 0.744. The summed E-state index contributed by atoms with van der Waals surface area (Å²) in [5.74, 6) is 0. The normalized spacial score (nSPS) is 10.4. The van der Waals surface area contributed by atoms with Crippen molar-refractivity contribution in [1.82, 2.24) is 9.97 Å². The van der Waals surface area contributed by atoms with Crippen LogP contribution in [0.4, 0.5) is 5.69 Å². The van der Waals surface area contributed by atoms with Crippen molar-refractivity contribution >= 4 is 32.7 Å². The monoisotopic (exact) mass is 223 g/mol. The van der Waals surface area contributed by atoms with Gasteiger partial charge in [-0.3, -0.25) is 9.97 Å². The van der Waals surface area contributed by atoms with Crippen molar-refractivity contribution in [3.05, 3.63) is 29.0 Å². The molecule has 2 rings (SSSR count). The predicted molar refractivity (Wildman–Crippen MR) is 51.7 cm³/mol. The molecule has 4 heteroatoms. The highest BCUT2D eigenvalue weighted by Crippen LogP contribution is 2.16. The number of hydrogen-bond acceptors (Lipinski definition) is 3. The van der Waals surface area contributed by atoms with E-state index in [0.29, 0.717) is 5.69 Å². The zero-order chi connectivity index (χ0) is 8.55. The molecule has 0 aromatic carbocycles. The molecule has 0 bridgehead atoms. The Kier molecular flexibility index (Phi) is 1.69. The minimum Gasteiger partial charge on any atom is -0.397 e. The molecule has 0 fully saturated rings. The second-order valence-electron chi connectivity index (χ2n) is 2.46. The molecule has 0 radical (unpaired) electrons. The highest BCUT2D eigenvalue weighted by Gasteiger charge is 1.96. The molecular formula is C8H6BrN3. The Balaban J connectivity index is 2.79.